The Morgan fingerprint density at radius 3 is 2.57 bits per heavy atom. The van der Waals surface area contributed by atoms with Crippen LogP contribution in [0.5, 0.6) is 5.75 Å². The van der Waals surface area contributed by atoms with Gasteiger partial charge in [0.1, 0.15) is 17.3 Å². The minimum Gasteiger partial charge on any atom is -0.495 e. The second kappa shape index (κ2) is 9.90. The van der Waals surface area contributed by atoms with Gasteiger partial charge in [-0.2, -0.15) is 5.26 Å². The Morgan fingerprint density at radius 2 is 1.92 bits per heavy atom. The summed E-state index contributed by atoms with van der Waals surface area (Å²) in [6.45, 7) is 1.86. The topological polar surface area (TPSA) is 99.3 Å². The number of anilines is 3. The fraction of sp³-hybridized carbons (Fsp3) is 0.231. The number of rotatable bonds is 6. The van der Waals surface area contributed by atoms with Crippen LogP contribution in [-0.2, 0) is 0 Å². The number of nitriles is 1. The zero-order valence-corrected chi connectivity index (χ0v) is 21.9. The van der Waals surface area contributed by atoms with E-state index in [1.165, 1.54) is 17.0 Å². The van der Waals surface area contributed by atoms with Gasteiger partial charge in [0.2, 0.25) is 5.95 Å². The molecule has 2 aromatic heterocycles. The quantitative estimate of drug-likeness (QED) is 0.386. The van der Waals surface area contributed by atoms with Gasteiger partial charge < -0.3 is 19.9 Å². The van der Waals surface area contributed by atoms with E-state index < -0.39 is 5.56 Å². The lowest BCUT2D eigenvalue weighted by atomic mass is 10.1. The summed E-state index contributed by atoms with van der Waals surface area (Å²) in [6.07, 6.45) is 2.78. The number of benzene rings is 2. The Bertz CT molecular complexity index is 1590. The van der Waals surface area contributed by atoms with Crippen molar-refractivity contribution in [3.8, 4) is 17.5 Å². The molecule has 0 spiro atoms. The molecule has 11 heteroatoms. The maximum Gasteiger partial charge on any atom is 0.266 e. The molecular formula is C26H23Cl2N7O2. The van der Waals surface area contributed by atoms with Crippen LogP contribution in [0.3, 0.4) is 0 Å². The summed E-state index contributed by atoms with van der Waals surface area (Å²) in [5, 5.41) is 13.7. The molecule has 0 amide bonds. The number of para-hydroxylation sites is 1. The molecule has 0 unspecified atom stereocenters. The third-order valence-electron chi connectivity index (χ3n) is 6.42. The summed E-state index contributed by atoms with van der Waals surface area (Å²) < 4.78 is 6.88. The van der Waals surface area contributed by atoms with Gasteiger partial charge in [0.25, 0.3) is 5.56 Å². The minimum atomic E-state index is -0.438. The highest BCUT2D eigenvalue weighted by Crippen LogP contribution is 2.35. The number of nitrogens with one attached hydrogen (secondary N) is 1. The van der Waals surface area contributed by atoms with Crippen molar-refractivity contribution < 1.29 is 4.74 Å². The maximum atomic E-state index is 13.3. The molecule has 0 saturated carbocycles. The molecule has 188 valence electrons. The van der Waals surface area contributed by atoms with Crippen molar-refractivity contribution in [2.24, 2.45) is 0 Å². The van der Waals surface area contributed by atoms with Crippen LogP contribution in [0.1, 0.15) is 5.56 Å². The fourth-order valence-electron chi connectivity index (χ4n) is 4.27. The summed E-state index contributed by atoms with van der Waals surface area (Å²) in [4.78, 5) is 26.5. The number of ether oxygens (including phenoxy) is 1. The Balaban J connectivity index is 1.48. The molecule has 5 rings (SSSR count). The summed E-state index contributed by atoms with van der Waals surface area (Å²) in [5.74, 6) is 0.962. The van der Waals surface area contributed by atoms with Gasteiger partial charge in [0, 0.05) is 43.3 Å². The van der Waals surface area contributed by atoms with E-state index in [0.717, 1.165) is 24.5 Å². The molecule has 1 fully saturated rings. The third kappa shape index (κ3) is 4.55. The number of nitrogens with zero attached hydrogens (tertiary/aromatic N) is 6. The lowest BCUT2D eigenvalue weighted by Gasteiger charge is -2.44. The first-order valence-electron chi connectivity index (χ1n) is 11.4. The first-order chi connectivity index (χ1) is 17.8. The lowest BCUT2D eigenvalue weighted by Crippen LogP contribution is -2.57. The number of halogens is 2. The largest absolute Gasteiger partial charge is 0.495 e. The van der Waals surface area contributed by atoms with Crippen molar-refractivity contribution >= 4 is 51.4 Å². The molecule has 0 bridgehead atoms. The predicted octanol–water partition coefficient (Wildman–Crippen LogP) is 4.46. The molecule has 0 atom stereocenters. The van der Waals surface area contributed by atoms with E-state index in [1.54, 1.807) is 25.3 Å². The summed E-state index contributed by atoms with van der Waals surface area (Å²) >= 11 is 12.6. The molecular weight excluding hydrogens is 513 g/mol. The van der Waals surface area contributed by atoms with Gasteiger partial charge in [-0.3, -0.25) is 9.36 Å². The van der Waals surface area contributed by atoms with Gasteiger partial charge in [-0.25, -0.2) is 9.97 Å². The maximum absolute atomic E-state index is 13.3. The molecule has 1 aliphatic rings. The van der Waals surface area contributed by atoms with E-state index >= 15 is 0 Å². The Labute approximate surface area is 223 Å². The highest BCUT2D eigenvalue weighted by molar-refractivity contribution is 6.37. The standard InChI is InChI=1S/C26H23Cl2N7O2/c1-33(2)17-13-34(14-17)21-8-7-16(9-22(21)37-3)31-26-30-11-18-23(32-26)15(10-29)12-35(25(18)36)24-19(27)5-4-6-20(24)28/h4-9,11-12,17H,13-14H2,1-3H3,(H,30,31,32). The van der Waals surface area contributed by atoms with Crippen LogP contribution in [0, 0.1) is 11.3 Å². The Morgan fingerprint density at radius 1 is 1.19 bits per heavy atom. The average Bonchev–Trinajstić information content (AvgIpc) is 2.84. The van der Waals surface area contributed by atoms with Crippen LogP contribution in [0.25, 0.3) is 16.6 Å². The van der Waals surface area contributed by atoms with Crippen molar-refractivity contribution in [1.29, 1.82) is 5.26 Å². The predicted molar refractivity (Wildman–Crippen MR) is 146 cm³/mol. The van der Waals surface area contributed by atoms with Crippen molar-refractivity contribution in [2.75, 3.05) is 44.5 Å². The van der Waals surface area contributed by atoms with Crippen molar-refractivity contribution in [2.45, 2.75) is 6.04 Å². The second-order valence-corrected chi connectivity index (χ2v) is 9.70. The van der Waals surface area contributed by atoms with Crippen molar-refractivity contribution in [3.63, 3.8) is 0 Å². The second-order valence-electron chi connectivity index (χ2n) is 8.89. The number of hydrogen-bond donors (Lipinski definition) is 1. The van der Waals surface area contributed by atoms with Crippen LogP contribution in [0.4, 0.5) is 17.3 Å². The van der Waals surface area contributed by atoms with Gasteiger partial charge in [-0.05, 0) is 38.4 Å². The highest BCUT2D eigenvalue weighted by Gasteiger charge is 2.30. The van der Waals surface area contributed by atoms with Gasteiger partial charge in [0.15, 0.2) is 0 Å². The van der Waals surface area contributed by atoms with E-state index in [1.807, 2.05) is 18.2 Å². The number of aromatic nitrogens is 3. The number of fused-ring (bicyclic) bond motifs is 1. The van der Waals surface area contributed by atoms with E-state index in [2.05, 4.69) is 45.2 Å². The lowest BCUT2D eigenvalue weighted by molar-refractivity contribution is 0.246. The molecule has 4 aromatic rings. The summed E-state index contributed by atoms with van der Waals surface area (Å²) in [6, 6.07) is 13.3. The van der Waals surface area contributed by atoms with E-state index in [0.29, 0.717) is 17.4 Å². The molecule has 1 N–H and O–H groups in total. The first kappa shape index (κ1) is 24.8. The van der Waals surface area contributed by atoms with Gasteiger partial charge in [-0.15, -0.1) is 0 Å². The van der Waals surface area contributed by atoms with Crippen LogP contribution in [0.15, 0.2) is 53.6 Å². The van der Waals surface area contributed by atoms with E-state index in [-0.39, 0.29) is 32.5 Å². The Kier molecular flexibility index (Phi) is 6.65. The van der Waals surface area contributed by atoms with Crippen molar-refractivity contribution in [3.05, 3.63) is 74.8 Å². The van der Waals surface area contributed by atoms with Crippen LogP contribution in [-0.4, -0.2) is 59.8 Å². The molecule has 9 nitrogen and oxygen atoms in total. The third-order valence-corrected chi connectivity index (χ3v) is 7.03. The zero-order valence-electron chi connectivity index (χ0n) is 20.4. The number of likely N-dealkylation sites (N-methyl/N-ethyl adjacent to an activating group) is 1. The summed E-state index contributed by atoms with van der Waals surface area (Å²) in [7, 11) is 5.79. The van der Waals surface area contributed by atoms with Crippen LogP contribution < -0.4 is 20.5 Å². The van der Waals surface area contributed by atoms with Gasteiger partial charge in [-0.1, -0.05) is 29.3 Å². The van der Waals surface area contributed by atoms with E-state index in [4.69, 9.17) is 27.9 Å². The summed E-state index contributed by atoms with van der Waals surface area (Å²) in [5.41, 5.74) is 1.98. The number of hydrogen-bond acceptors (Lipinski definition) is 8. The van der Waals surface area contributed by atoms with Crippen molar-refractivity contribution in [1.82, 2.24) is 19.4 Å². The van der Waals surface area contributed by atoms with Crippen LogP contribution >= 0.6 is 23.2 Å². The monoisotopic (exact) mass is 535 g/mol. The SMILES string of the molecule is COc1cc(Nc2ncc3c(=O)n(-c4c(Cl)cccc4Cl)cc(C#N)c3n2)ccc1N1CC(N(C)C)C1. The fourth-order valence-corrected chi connectivity index (χ4v) is 4.85. The highest BCUT2D eigenvalue weighted by atomic mass is 35.5. The van der Waals surface area contributed by atoms with Gasteiger partial charge >= 0.3 is 0 Å². The Hall–Kier alpha value is -3.84. The molecule has 0 radical (unpaired) electrons. The molecule has 3 heterocycles. The van der Waals surface area contributed by atoms with Gasteiger partial charge in [0.05, 0.1) is 39.5 Å². The number of pyridine rings is 1. The van der Waals surface area contributed by atoms with E-state index in [9.17, 15) is 10.1 Å². The normalized spacial score (nSPS) is 13.5. The molecule has 1 aliphatic heterocycles. The zero-order chi connectivity index (χ0) is 26.3. The average molecular weight is 536 g/mol. The number of methoxy groups -OCH3 is 1. The smallest absolute Gasteiger partial charge is 0.266 e. The first-order valence-corrected chi connectivity index (χ1v) is 12.2. The molecule has 0 aliphatic carbocycles. The minimum absolute atomic E-state index is 0.168. The van der Waals surface area contributed by atoms with Crippen LogP contribution in [0.2, 0.25) is 10.0 Å². The molecule has 1 saturated heterocycles. The molecule has 2 aromatic carbocycles. The molecule has 37 heavy (non-hydrogen) atoms.